The molecule has 0 aromatic carbocycles. The lowest BCUT2D eigenvalue weighted by Crippen LogP contribution is -2.29. The fourth-order valence-corrected chi connectivity index (χ4v) is 5.74. The number of carbonyl (C=O) groups excluding carboxylic acids is 2. The fourth-order valence-electron chi connectivity index (χ4n) is 4.97. The van der Waals surface area contributed by atoms with Crippen LogP contribution >= 0.6 is 7.82 Å². The smallest absolute Gasteiger partial charge is 0.462 e. The second kappa shape index (κ2) is 37.5. The minimum Gasteiger partial charge on any atom is -0.462 e. The second-order valence-corrected chi connectivity index (χ2v) is 14.2. The molecule has 294 valence electrons. The highest BCUT2D eigenvalue weighted by molar-refractivity contribution is 7.47. The Labute approximate surface area is 310 Å². The lowest BCUT2D eigenvalue weighted by Gasteiger charge is -2.19. The zero-order valence-corrected chi connectivity index (χ0v) is 33.0. The molecule has 0 radical (unpaired) electrons. The summed E-state index contributed by atoms with van der Waals surface area (Å²) in [6.45, 7) is 3.53. The van der Waals surface area contributed by atoms with Gasteiger partial charge in [0.2, 0.25) is 0 Å². The van der Waals surface area contributed by atoms with Crippen LogP contribution in [0.3, 0.4) is 0 Å². The minimum atomic E-state index is -4.38. The molecule has 0 rings (SSSR count). The molecule has 0 spiro atoms. The van der Waals surface area contributed by atoms with E-state index in [9.17, 15) is 19.0 Å². The average Bonchev–Trinajstić information content (AvgIpc) is 3.11. The van der Waals surface area contributed by atoms with Crippen molar-refractivity contribution in [2.24, 2.45) is 5.73 Å². The van der Waals surface area contributed by atoms with E-state index in [2.05, 4.69) is 74.6 Å². The highest BCUT2D eigenvalue weighted by Gasteiger charge is 2.25. The second-order valence-electron chi connectivity index (χ2n) is 12.8. The molecule has 0 aliphatic carbocycles. The number of hydrogen-bond donors (Lipinski definition) is 2. The number of ether oxygens (including phenoxy) is 2. The molecule has 0 aromatic heterocycles. The van der Waals surface area contributed by atoms with E-state index in [0.717, 1.165) is 89.9 Å². The van der Waals surface area contributed by atoms with E-state index in [1.807, 2.05) is 0 Å². The number of rotatable bonds is 36. The maximum Gasteiger partial charge on any atom is 0.472 e. The third-order valence-electron chi connectivity index (χ3n) is 7.89. The molecule has 0 saturated heterocycles. The standard InChI is InChI=1S/C41H72NO8P/c1-3-5-7-9-11-13-15-17-19-21-23-25-27-29-31-33-40(43)47-37-39(38-49-51(45,46)48-36-35-42)50-41(44)34-32-30-28-26-24-22-20-18-16-14-12-10-8-6-4-2/h5,7,11-14,17-20,39H,3-4,6,8-10,15-16,21-38,42H2,1-2H3,(H,45,46)/b7-5+,13-11+,14-12+,19-17+,20-18+/t39-/m1/s1. The first-order chi connectivity index (χ1) is 24.8. The molecular formula is C41H72NO8P. The van der Waals surface area contributed by atoms with Gasteiger partial charge in [-0.25, -0.2) is 4.57 Å². The number of allylic oxidation sites excluding steroid dienone is 10. The summed E-state index contributed by atoms with van der Waals surface area (Å²) >= 11 is 0. The van der Waals surface area contributed by atoms with Crippen molar-refractivity contribution in [3.05, 3.63) is 60.8 Å². The van der Waals surface area contributed by atoms with Gasteiger partial charge in [-0.1, -0.05) is 126 Å². The van der Waals surface area contributed by atoms with Crippen LogP contribution in [0, 0.1) is 0 Å². The van der Waals surface area contributed by atoms with Gasteiger partial charge in [0, 0.05) is 19.4 Å². The third-order valence-corrected chi connectivity index (χ3v) is 8.87. The summed E-state index contributed by atoms with van der Waals surface area (Å²) in [5.41, 5.74) is 5.33. The SMILES string of the molecule is CC/C=C/C/C=C/C/C=C/CCCCCCCC(=O)OC[C@H](COP(=O)(O)OCCN)OC(=O)CCCCCCC/C=C/C/C=C/CCCCC. The Morgan fingerprint density at radius 3 is 1.61 bits per heavy atom. The number of carbonyl (C=O) groups is 2. The molecule has 0 amide bonds. The summed E-state index contributed by atoms with van der Waals surface area (Å²) in [7, 11) is -4.38. The molecule has 9 nitrogen and oxygen atoms in total. The van der Waals surface area contributed by atoms with E-state index in [1.54, 1.807) is 0 Å². The van der Waals surface area contributed by atoms with Crippen LogP contribution in [-0.4, -0.2) is 49.3 Å². The topological polar surface area (TPSA) is 134 Å². The van der Waals surface area contributed by atoms with Crippen molar-refractivity contribution in [2.75, 3.05) is 26.4 Å². The fraction of sp³-hybridized carbons (Fsp3) is 0.707. The van der Waals surface area contributed by atoms with Gasteiger partial charge in [0.15, 0.2) is 6.10 Å². The van der Waals surface area contributed by atoms with E-state index in [0.29, 0.717) is 12.8 Å². The summed E-state index contributed by atoms with van der Waals surface area (Å²) in [6.07, 6.45) is 42.4. The van der Waals surface area contributed by atoms with E-state index in [-0.39, 0.29) is 32.6 Å². The van der Waals surface area contributed by atoms with Crippen molar-refractivity contribution in [3.8, 4) is 0 Å². The van der Waals surface area contributed by atoms with E-state index in [4.69, 9.17) is 24.3 Å². The molecule has 0 aromatic rings. The molecule has 0 fully saturated rings. The van der Waals surface area contributed by atoms with Crippen molar-refractivity contribution >= 4 is 19.8 Å². The van der Waals surface area contributed by atoms with Crippen LogP contribution in [0.15, 0.2) is 60.8 Å². The third kappa shape index (κ3) is 37.3. The van der Waals surface area contributed by atoms with Crippen LogP contribution in [0.2, 0.25) is 0 Å². The van der Waals surface area contributed by atoms with Crippen molar-refractivity contribution < 1.29 is 37.6 Å². The van der Waals surface area contributed by atoms with Crippen molar-refractivity contribution in [2.45, 2.75) is 161 Å². The van der Waals surface area contributed by atoms with Crippen LogP contribution < -0.4 is 5.73 Å². The predicted octanol–water partition coefficient (Wildman–Crippen LogP) is 10.9. The Bertz CT molecular complexity index is 1020. The predicted molar refractivity (Wildman–Crippen MR) is 210 cm³/mol. The van der Waals surface area contributed by atoms with E-state index >= 15 is 0 Å². The Balaban J connectivity index is 4.27. The van der Waals surface area contributed by atoms with Gasteiger partial charge in [-0.2, -0.15) is 0 Å². The Morgan fingerprint density at radius 2 is 1.08 bits per heavy atom. The number of phosphoric acid groups is 1. The zero-order valence-electron chi connectivity index (χ0n) is 32.1. The molecule has 0 heterocycles. The van der Waals surface area contributed by atoms with Gasteiger partial charge in [-0.05, 0) is 77.0 Å². The maximum absolute atomic E-state index is 12.5. The molecule has 0 bridgehead atoms. The van der Waals surface area contributed by atoms with Gasteiger partial charge in [0.25, 0.3) is 0 Å². The molecule has 51 heavy (non-hydrogen) atoms. The maximum atomic E-state index is 12.5. The summed E-state index contributed by atoms with van der Waals surface area (Å²) in [5, 5.41) is 0. The van der Waals surface area contributed by atoms with Crippen LogP contribution in [0.25, 0.3) is 0 Å². The van der Waals surface area contributed by atoms with Gasteiger partial charge in [-0.15, -0.1) is 0 Å². The largest absolute Gasteiger partial charge is 0.472 e. The number of nitrogens with two attached hydrogens (primary N) is 1. The Morgan fingerprint density at radius 1 is 0.608 bits per heavy atom. The van der Waals surface area contributed by atoms with Crippen molar-refractivity contribution in [3.63, 3.8) is 0 Å². The molecule has 10 heteroatoms. The van der Waals surface area contributed by atoms with Crippen LogP contribution in [-0.2, 0) is 32.7 Å². The first-order valence-electron chi connectivity index (χ1n) is 19.8. The van der Waals surface area contributed by atoms with Crippen LogP contribution in [0.5, 0.6) is 0 Å². The average molecular weight is 738 g/mol. The first-order valence-corrected chi connectivity index (χ1v) is 21.3. The van der Waals surface area contributed by atoms with Crippen molar-refractivity contribution in [1.82, 2.24) is 0 Å². The highest BCUT2D eigenvalue weighted by Crippen LogP contribution is 2.43. The summed E-state index contributed by atoms with van der Waals surface area (Å²) < 4.78 is 32.7. The first kappa shape index (κ1) is 48.7. The molecule has 0 saturated carbocycles. The van der Waals surface area contributed by atoms with Crippen LogP contribution in [0.4, 0.5) is 0 Å². The van der Waals surface area contributed by atoms with Gasteiger partial charge in [0.05, 0.1) is 13.2 Å². The van der Waals surface area contributed by atoms with Crippen LogP contribution in [0.1, 0.15) is 155 Å². The normalized spacial score (nSPS) is 14.0. The Kier molecular flexibility index (Phi) is 35.8. The zero-order chi connectivity index (χ0) is 37.5. The number of phosphoric ester groups is 1. The Hall–Kier alpha value is -2.29. The van der Waals surface area contributed by atoms with Gasteiger partial charge >= 0.3 is 19.8 Å². The van der Waals surface area contributed by atoms with E-state index < -0.39 is 32.5 Å². The molecule has 0 aliphatic heterocycles. The van der Waals surface area contributed by atoms with E-state index in [1.165, 1.54) is 25.7 Å². The number of esters is 2. The molecule has 3 N–H and O–H groups in total. The molecule has 2 atom stereocenters. The van der Waals surface area contributed by atoms with Crippen molar-refractivity contribution in [1.29, 1.82) is 0 Å². The molecular weight excluding hydrogens is 665 g/mol. The minimum absolute atomic E-state index is 0.0456. The monoisotopic (exact) mass is 737 g/mol. The summed E-state index contributed by atoms with van der Waals surface area (Å²) in [6, 6.07) is 0. The summed E-state index contributed by atoms with van der Waals surface area (Å²) in [5.74, 6) is -0.871. The number of unbranched alkanes of at least 4 members (excludes halogenated alkanes) is 13. The van der Waals surface area contributed by atoms with Gasteiger partial charge < -0.3 is 20.1 Å². The quantitative estimate of drug-likeness (QED) is 0.0279. The van der Waals surface area contributed by atoms with Gasteiger partial charge in [0.1, 0.15) is 6.61 Å². The molecule has 1 unspecified atom stereocenters. The molecule has 0 aliphatic rings. The highest BCUT2D eigenvalue weighted by atomic mass is 31.2. The lowest BCUT2D eigenvalue weighted by atomic mass is 10.1. The lowest BCUT2D eigenvalue weighted by molar-refractivity contribution is -0.161. The van der Waals surface area contributed by atoms with Gasteiger partial charge in [-0.3, -0.25) is 18.6 Å². The number of hydrogen-bond acceptors (Lipinski definition) is 8. The summed E-state index contributed by atoms with van der Waals surface area (Å²) in [4.78, 5) is 34.8.